The highest BCUT2D eigenvalue weighted by Crippen LogP contribution is 2.48. The van der Waals surface area contributed by atoms with Crippen molar-refractivity contribution in [3.8, 4) is 0 Å². The summed E-state index contributed by atoms with van der Waals surface area (Å²) in [7, 11) is -6.79. The van der Waals surface area contributed by atoms with Crippen LogP contribution in [-0.2, 0) is 39.8 Å². The number of β-lactam (4-membered cyclic amide) rings is 1. The topological polar surface area (TPSA) is 167 Å². The highest BCUT2D eigenvalue weighted by atomic mass is 32.3. The smallest absolute Gasteiger partial charge is 0.397 e. The van der Waals surface area contributed by atoms with Crippen LogP contribution in [0.2, 0.25) is 0 Å². The van der Waals surface area contributed by atoms with Crippen LogP contribution < -0.4 is 5.32 Å². The summed E-state index contributed by atoms with van der Waals surface area (Å²) < 4.78 is 47.9. The van der Waals surface area contributed by atoms with Gasteiger partial charge in [-0.2, -0.15) is 8.42 Å². The van der Waals surface area contributed by atoms with Crippen LogP contribution in [0, 0.1) is 5.92 Å². The monoisotopic (exact) mass is 422 g/mol. The fourth-order valence-corrected chi connectivity index (χ4v) is 4.94. The summed E-state index contributed by atoms with van der Waals surface area (Å²) in [6.07, 6.45) is 1.01. The summed E-state index contributed by atoms with van der Waals surface area (Å²) in [4.78, 5) is 35.8. The van der Waals surface area contributed by atoms with Gasteiger partial charge in [-0.1, -0.05) is 0 Å². The standard InChI is InChI=1S/C14H18N2O9S2/c1-7(17)15-4-5-26(21)9-6-8-10(14(2,3)25-27(22,23)24)12(18)16(8)11(9)13(19)20/h4-5,8,10H,6H2,1-3H3,(H,15,17)(H,19,20)(H,22,23,24)/b5-4+/t8-,10+,26-/m1/s1. The summed E-state index contributed by atoms with van der Waals surface area (Å²) in [6.45, 7) is 3.77. The lowest BCUT2D eigenvalue weighted by atomic mass is 9.76. The predicted molar refractivity (Wildman–Crippen MR) is 91.2 cm³/mol. The first-order valence-electron chi connectivity index (χ1n) is 7.58. The minimum atomic E-state index is -4.85. The van der Waals surface area contributed by atoms with Gasteiger partial charge in [0.25, 0.3) is 0 Å². The van der Waals surface area contributed by atoms with E-state index in [0.717, 1.165) is 16.5 Å². The van der Waals surface area contributed by atoms with E-state index < -0.39 is 62.2 Å². The third kappa shape index (κ3) is 4.26. The van der Waals surface area contributed by atoms with Crippen molar-refractivity contribution in [2.24, 2.45) is 5.92 Å². The van der Waals surface area contributed by atoms with Crippen LogP contribution in [-0.4, -0.2) is 56.6 Å². The third-order valence-electron chi connectivity index (χ3n) is 4.11. The summed E-state index contributed by atoms with van der Waals surface area (Å²) in [5, 5.41) is 12.8. The summed E-state index contributed by atoms with van der Waals surface area (Å²) >= 11 is 0. The maximum absolute atomic E-state index is 12.5. The van der Waals surface area contributed by atoms with Gasteiger partial charge in [-0.15, -0.1) is 0 Å². The van der Waals surface area contributed by atoms with Crippen molar-refractivity contribution in [3.63, 3.8) is 0 Å². The van der Waals surface area contributed by atoms with E-state index >= 15 is 0 Å². The van der Waals surface area contributed by atoms with Gasteiger partial charge in [0, 0.05) is 25.0 Å². The molecule has 1 saturated heterocycles. The van der Waals surface area contributed by atoms with Crippen LogP contribution in [0.25, 0.3) is 0 Å². The van der Waals surface area contributed by atoms with E-state index in [1.54, 1.807) is 0 Å². The molecule has 0 unspecified atom stereocenters. The fourth-order valence-electron chi connectivity index (χ4n) is 3.23. The minimum absolute atomic E-state index is 0.0485. The molecule has 27 heavy (non-hydrogen) atoms. The van der Waals surface area contributed by atoms with Gasteiger partial charge in [-0.3, -0.25) is 14.1 Å². The summed E-state index contributed by atoms with van der Waals surface area (Å²) in [5.41, 5.74) is -2.09. The van der Waals surface area contributed by atoms with Crippen molar-refractivity contribution in [1.29, 1.82) is 0 Å². The number of hydrogen-bond acceptors (Lipinski definition) is 7. The number of nitrogens with zero attached hydrogens (tertiary/aromatic N) is 1. The van der Waals surface area contributed by atoms with Crippen LogP contribution in [0.5, 0.6) is 0 Å². The molecule has 2 heterocycles. The van der Waals surface area contributed by atoms with Crippen LogP contribution in [0.1, 0.15) is 27.2 Å². The number of carboxylic acid groups (broad SMARTS) is 1. The SMILES string of the molecule is CC(=O)N/C=C/[S@@](=O)C1=C(C(=O)O)N2C(=O)[C@@H](C(C)(C)OS(=O)(=O)O)[C@H]2C1. The molecule has 2 rings (SSSR count). The van der Waals surface area contributed by atoms with Crippen LogP contribution >= 0.6 is 0 Å². The molecule has 11 nitrogen and oxygen atoms in total. The molecule has 0 aliphatic carbocycles. The highest BCUT2D eigenvalue weighted by Gasteiger charge is 2.62. The van der Waals surface area contributed by atoms with Crippen molar-refractivity contribution in [1.82, 2.24) is 10.2 Å². The first-order valence-corrected chi connectivity index (χ1v) is 10.2. The van der Waals surface area contributed by atoms with Crippen molar-refractivity contribution in [2.45, 2.75) is 38.8 Å². The lowest BCUT2D eigenvalue weighted by Crippen LogP contribution is -2.66. The van der Waals surface area contributed by atoms with E-state index in [1.807, 2.05) is 0 Å². The molecule has 2 amide bonds. The zero-order chi connectivity index (χ0) is 20.7. The molecule has 0 radical (unpaired) electrons. The van der Waals surface area contributed by atoms with E-state index in [4.69, 9.17) is 4.55 Å². The molecular formula is C14H18N2O9S2. The number of aliphatic carboxylic acids is 1. The molecule has 2 aliphatic rings. The van der Waals surface area contributed by atoms with E-state index in [0.29, 0.717) is 0 Å². The Balaban J connectivity index is 2.30. The largest absolute Gasteiger partial charge is 0.477 e. The van der Waals surface area contributed by atoms with Gasteiger partial charge in [0.2, 0.25) is 11.8 Å². The lowest BCUT2D eigenvalue weighted by molar-refractivity contribution is -0.166. The average molecular weight is 422 g/mol. The number of carbonyl (C=O) groups is 3. The maximum atomic E-state index is 12.5. The van der Waals surface area contributed by atoms with E-state index in [1.165, 1.54) is 20.8 Å². The number of carbonyl (C=O) groups excluding carboxylic acids is 2. The van der Waals surface area contributed by atoms with Crippen LogP contribution in [0.15, 0.2) is 22.2 Å². The van der Waals surface area contributed by atoms with Crippen molar-refractivity contribution in [3.05, 3.63) is 22.2 Å². The number of nitrogens with one attached hydrogen (secondary N) is 1. The Morgan fingerprint density at radius 2 is 2.00 bits per heavy atom. The fraction of sp³-hybridized carbons (Fsp3) is 0.500. The Bertz CT molecular complexity index is 888. The molecule has 0 bridgehead atoms. The first-order chi connectivity index (χ1) is 12.3. The second-order valence-electron chi connectivity index (χ2n) is 6.45. The molecule has 0 aromatic rings. The van der Waals surface area contributed by atoms with Gasteiger partial charge in [-0.05, 0) is 13.8 Å². The molecular weight excluding hydrogens is 404 g/mol. The number of carboxylic acids is 1. The van der Waals surface area contributed by atoms with Gasteiger partial charge >= 0.3 is 16.4 Å². The Morgan fingerprint density at radius 3 is 2.48 bits per heavy atom. The lowest BCUT2D eigenvalue weighted by Gasteiger charge is -2.49. The molecule has 1 fully saturated rings. The second-order valence-corrected chi connectivity index (χ2v) is 8.83. The molecule has 0 aromatic heterocycles. The molecule has 0 spiro atoms. The Hall–Kier alpha value is -2.09. The molecule has 3 atom stereocenters. The van der Waals surface area contributed by atoms with Crippen molar-refractivity contribution < 1.29 is 40.9 Å². The van der Waals surface area contributed by atoms with Crippen molar-refractivity contribution in [2.75, 3.05) is 0 Å². The quantitative estimate of drug-likeness (QED) is 0.361. The van der Waals surface area contributed by atoms with E-state index in [9.17, 15) is 32.1 Å². The van der Waals surface area contributed by atoms with E-state index in [2.05, 4.69) is 9.50 Å². The van der Waals surface area contributed by atoms with Gasteiger partial charge in [-0.25, -0.2) is 13.2 Å². The average Bonchev–Trinajstić information content (AvgIpc) is 2.78. The van der Waals surface area contributed by atoms with Gasteiger partial charge < -0.3 is 15.3 Å². The van der Waals surface area contributed by atoms with Crippen LogP contribution in [0.3, 0.4) is 0 Å². The molecule has 150 valence electrons. The Labute approximate surface area is 157 Å². The minimum Gasteiger partial charge on any atom is -0.477 e. The predicted octanol–water partition coefficient (Wildman–Crippen LogP) is -0.533. The Kier molecular flexibility index (Phi) is 5.61. The molecule has 2 aliphatic heterocycles. The van der Waals surface area contributed by atoms with Crippen molar-refractivity contribution >= 4 is 39.0 Å². The maximum Gasteiger partial charge on any atom is 0.397 e. The van der Waals surface area contributed by atoms with Crippen LogP contribution in [0.4, 0.5) is 0 Å². The number of hydrogen-bond donors (Lipinski definition) is 3. The number of rotatable bonds is 7. The first kappa shape index (κ1) is 21.2. The molecule has 3 N–H and O–H groups in total. The number of fused-ring (bicyclic) bond motifs is 1. The second kappa shape index (κ2) is 7.14. The van der Waals surface area contributed by atoms with Gasteiger partial charge in [0.05, 0.1) is 33.3 Å². The molecule has 0 saturated carbocycles. The zero-order valence-corrected chi connectivity index (χ0v) is 16.2. The van der Waals surface area contributed by atoms with Gasteiger partial charge in [0.15, 0.2) is 0 Å². The Morgan fingerprint density at radius 1 is 1.41 bits per heavy atom. The summed E-state index contributed by atoms with van der Waals surface area (Å²) in [5.74, 6) is -3.66. The molecule has 0 aromatic carbocycles. The molecule has 13 heteroatoms. The van der Waals surface area contributed by atoms with Gasteiger partial charge in [0.1, 0.15) is 5.70 Å². The zero-order valence-electron chi connectivity index (χ0n) is 14.5. The normalized spacial score (nSPS) is 24.0. The van der Waals surface area contributed by atoms with E-state index in [-0.39, 0.29) is 11.3 Å². The third-order valence-corrected chi connectivity index (χ3v) is 5.98. The number of amides is 2. The highest BCUT2D eigenvalue weighted by molar-refractivity contribution is 7.91. The summed E-state index contributed by atoms with van der Waals surface area (Å²) in [6, 6.07) is -0.784.